The maximum Gasteiger partial charge on any atom is 0.228 e. The highest BCUT2D eigenvalue weighted by Crippen LogP contribution is 2.48. The number of hydrogen-bond donors (Lipinski definition) is 1. The molecule has 2 aromatic rings. The van der Waals surface area contributed by atoms with Crippen molar-refractivity contribution in [2.75, 3.05) is 5.32 Å². The van der Waals surface area contributed by atoms with Crippen molar-refractivity contribution in [3.05, 3.63) is 64.1 Å². The van der Waals surface area contributed by atoms with Gasteiger partial charge in [-0.25, -0.2) is 8.78 Å². The third-order valence-electron chi connectivity index (χ3n) is 4.10. The largest absolute Gasteiger partial charge is 0.352 e. The van der Waals surface area contributed by atoms with Gasteiger partial charge in [-0.05, 0) is 37.0 Å². The molecule has 1 amide bonds. The summed E-state index contributed by atoms with van der Waals surface area (Å²) in [5.74, 6) is -2.55. The number of aromatic nitrogens is 1. The molecule has 1 aromatic heterocycles. The molecule has 120 valence electrons. The highest BCUT2D eigenvalue weighted by atomic mass is 19.2. The van der Waals surface area contributed by atoms with Crippen LogP contribution < -0.4 is 10.7 Å². The van der Waals surface area contributed by atoms with Crippen molar-refractivity contribution in [2.24, 2.45) is 5.92 Å². The molecule has 0 aliphatic heterocycles. The molecule has 1 saturated carbocycles. The Hall–Kier alpha value is -2.50. The zero-order chi connectivity index (χ0) is 16.6. The lowest BCUT2D eigenvalue weighted by Crippen LogP contribution is -2.21. The summed E-state index contributed by atoms with van der Waals surface area (Å²) >= 11 is 0. The average molecular weight is 318 g/mol. The summed E-state index contributed by atoms with van der Waals surface area (Å²) in [7, 11) is 0. The van der Waals surface area contributed by atoms with Gasteiger partial charge in [-0.3, -0.25) is 9.59 Å². The van der Waals surface area contributed by atoms with Crippen LogP contribution in [0.1, 0.15) is 24.8 Å². The molecule has 0 radical (unpaired) electrons. The molecule has 0 saturated heterocycles. The van der Waals surface area contributed by atoms with Crippen molar-refractivity contribution in [3.63, 3.8) is 0 Å². The topological polar surface area (TPSA) is 51.1 Å². The molecule has 1 aliphatic carbocycles. The van der Waals surface area contributed by atoms with Crippen LogP contribution in [0.4, 0.5) is 14.5 Å². The first-order valence-electron chi connectivity index (χ1n) is 7.45. The van der Waals surface area contributed by atoms with E-state index in [1.54, 1.807) is 17.0 Å². The van der Waals surface area contributed by atoms with Gasteiger partial charge in [-0.1, -0.05) is 6.07 Å². The SMILES string of the molecule is CCn1ccc(=O)c(NC(=O)[C@H]2C[C@H]2c2ccc(F)c(F)c2)c1. The summed E-state index contributed by atoms with van der Waals surface area (Å²) in [4.78, 5) is 24.0. The first kappa shape index (κ1) is 15.4. The molecule has 1 aliphatic rings. The van der Waals surface area contributed by atoms with Gasteiger partial charge in [0.15, 0.2) is 11.6 Å². The van der Waals surface area contributed by atoms with Crippen LogP contribution in [0.15, 0.2) is 41.5 Å². The van der Waals surface area contributed by atoms with E-state index in [1.165, 1.54) is 12.1 Å². The standard InChI is InChI=1S/C17H16F2N2O2/c1-2-21-6-5-16(22)15(9-21)20-17(23)12-8-11(12)10-3-4-13(18)14(19)7-10/h3-7,9,11-12H,2,8H2,1H3,(H,20,23)/t11-,12-/m0/s1. The Kier molecular flexibility index (Phi) is 3.98. The van der Waals surface area contributed by atoms with Crippen LogP contribution in [-0.4, -0.2) is 10.5 Å². The second-order valence-corrected chi connectivity index (χ2v) is 5.66. The van der Waals surface area contributed by atoms with E-state index in [2.05, 4.69) is 5.32 Å². The molecule has 0 bridgehead atoms. The van der Waals surface area contributed by atoms with Crippen molar-refractivity contribution in [1.29, 1.82) is 0 Å². The van der Waals surface area contributed by atoms with Gasteiger partial charge in [-0.2, -0.15) is 0 Å². The van der Waals surface area contributed by atoms with E-state index in [0.29, 0.717) is 18.5 Å². The van der Waals surface area contributed by atoms with Gasteiger partial charge >= 0.3 is 0 Å². The van der Waals surface area contributed by atoms with Gasteiger partial charge in [0.2, 0.25) is 11.3 Å². The van der Waals surface area contributed by atoms with E-state index < -0.39 is 11.6 Å². The van der Waals surface area contributed by atoms with E-state index in [1.807, 2.05) is 6.92 Å². The van der Waals surface area contributed by atoms with Gasteiger partial charge in [0.25, 0.3) is 0 Å². The number of carbonyl (C=O) groups excluding carboxylic acids is 1. The predicted molar refractivity (Wildman–Crippen MR) is 82.2 cm³/mol. The van der Waals surface area contributed by atoms with Gasteiger partial charge in [-0.15, -0.1) is 0 Å². The number of nitrogens with zero attached hydrogens (tertiary/aromatic N) is 1. The average Bonchev–Trinajstić information content (AvgIpc) is 3.33. The molecule has 1 heterocycles. The maximum absolute atomic E-state index is 13.3. The fourth-order valence-corrected chi connectivity index (χ4v) is 2.64. The van der Waals surface area contributed by atoms with E-state index in [-0.39, 0.29) is 28.9 Å². The molecule has 3 rings (SSSR count). The first-order valence-corrected chi connectivity index (χ1v) is 7.45. The van der Waals surface area contributed by atoms with Crippen LogP contribution in [0.2, 0.25) is 0 Å². The lowest BCUT2D eigenvalue weighted by Gasteiger charge is -2.08. The molecule has 0 unspecified atom stereocenters. The molecule has 6 heteroatoms. The van der Waals surface area contributed by atoms with Crippen molar-refractivity contribution >= 4 is 11.6 Å². The molecule has 0 spiro atoms. The number of rotatable bonds is 4. The lowest BCUT2D eigenvalue weighted by atomic mass is 10.1. The van der Waals surface area contributed by atoms with E-state index in [0.717, 1.165) is 12.1 Å². The quantitative estimate of drug-likeness (QED) is 0.942. The number of anilines is 1. The Morgan fingerprint density at radius 1 is 1.30 bits per heavy atom. The maximum atomic E-state index is 13.3. The Bertz CT molecular complexity index is 816. The molecule has 1 fully saturated rings. The Balaban J connectivity index is 1.71. The predicted octanol–water partition coefficient (Wildman–Crippen LogP) is 2.89. The zero-order valence-corrected chi connectivity index (χ0v) is 12.6. The number of halogens is 2. The Labute approximate surface area is 131 Å². The summed E-state index contributed by atoms with van der Waals surface area (Å²) in [5.41, 5.74) is 0.575. The summed E-state index contributed by atoms with van der Waals surface area (Å²) in [5, 5.41) is 2.63. The molecule has 1 aromatic carbocycles. The minimum atomic E-state index is -0.914. The molecule has 2 atom stereocenters. The van der Waals surface area contributed by atoms with E-state index >= 15 is 0 Å². The first-order chi connectivity index (χ1) is 11.0. The van der Waals surface area contributed by atoms with Gasteiger partial charge in [0.05, 0.1) is 0 Å². The molecular weight excluding hydrogens is 302 g/mol. The van der Waals surface area contributed by atoms with Crippen molar-refractivity contribution < 1.29 is 13.6 Å². The minimum Gasteiger partial charge on any atom is -0.352 e. The summed E-state index contributed by atoms with van der Waals surface area (Å²) in [6.07, 6.45) is 3.81. The molecule has 1 N–H and O–H groups in total. The highest BCUT2D eigenvalue weighted by Gasteiger charge is 2.44. The number of amides is 1. The second kappa shape index (κ2) is 5.95. The number of carbonyl (C=O) groups is 1. The van der Waals surface area contributed by atoms with Gasteiger partial charge in [0, 0.05) is 30.9 Å². The third kappa shape index (κ3) is 3.16. The summed E-state index contributed by atoms with van der Waals surface area (Å²) in [6, 6.07) is 5.08. The summed E-state index contributed by atoms with van der Waals surface area (Å²) < 4.78 is 28.0. The minimum absolute atomic E-state index is 0.137. The van der Waals surface area contributed by atoms with Crippen molar-refractivity contribution in [3.8, 4) is 0 Å². The third-order valence-corrected chi connectivity index (χ3v) is 4.10. The van der Waals surface area contributed by atoms with Crippen LogP contribution in [0.5, 0.6) is 0 Å². The van der Waals surface area contributed by atoms with Crippen LogP contribution >= 0.6 is 0 Å². The van der Waals surface area contributed by atoms with Crippen molar-refractivity contribution in [1.82, 2.24) is 4.57 Å². The number of aryl methyl sites for hydroxylation is 1. The van der Waals surface area contributed by atoms with E-state index in [9.17, 15) is 18.4 Å². The van der Waals surface area contributed by atoms with Crippen molar-refractivity contribution in [2.45, 2.75) is 25.8 Å². The Morgan fingerprint density at radius 2 is 2.09 bits per heavy atom. The number of pyridine rings is 1. The number of nitrogens with one attached hydrogen (secondary N) is 1. The molecule has 4 nitrogen and oxygen atoms in total. The number of benzene rings is 1. The number of hydrogen-bond acceptors (Lipinski definition) is 2. The highest BCUT2D eigenvalue weighted by molar-refractivity contribution is 5.95. The monoisotopic (exact) mass is 318 g/mol. The fourth-order valence-electron chi connectivity index (χ4n) is 2.64. The fraction of sp³-hybridized carbons (Fsp3) is 0.294. The Morgan fingerprint density at radius 3 is 2.78 bits per heavy atom. The van der Waals surface area contributed by atoms with E-state index in [4.69, 9.17) is 0 Å². The van der Waals surface area contributed by atoms with Crippen LogP contribution in [0.3, 0.4) is 0 Å². The molecular formula is C17H16F2N2O2. The smallest absolute Gasteiger partial charge is 0.228 e. The summed E-state index contributed by atoms with van der Waals surface area (Å²) in [6.45, 7) is 2.61. The van der Waals surface area contributed by atoms with Crippen LogP contribution in [-0.2, 0) is 11.3 Å². The van der Waals surface area contributed by atoms with Crippen LogP contribution in [0.25, 0.3) is 0 Å². The lowest BCUT2D eigenvalue weighted by molar-refractivity contribution is -0.117. The normalized spacial score (nSPS) is 19.4. The zero-order valence-electron chi connectivity index (χ0n) is 12.6. The van der Waals surface area contributed by atoms with Gasteiger partial charge in [0.1, 0.15) is 5.69 Å². The molecule has 23 heavy (non-hydrogen) atoms. The van der Waals surface area contributed by atoms with Gasteiger partial charge < -0.3 is 9.88 Å². The second-order valence-electron chi connectivity index (χ2n) is 5.66. The van der Waals surface area contributed by atoms with Crippen LogP contribution in [0, 0.1) is 17.6 Å².